The molecule has 2 rings (SSSR count). The molecule has 0 radical (unpaired) electrons. The number of anilines is 1. The topological polar surface area (TPSA) is 58.6 Å². The summed E-state index contributed by atoms with van der Waals surface area (Å²) in [6.07, 6.45) is 0. The number of carbonyl (C=O) groups is 2. The highest BCUT2D eigenvalue weighted by Crippen LogP contribution is 2.26. The van der Waals surface area contributed by atoms with E-state index in [0.717, 1.165) is 12.2 Å². The Morgan fingerprint density at radius 1 is 1.50 bits per heavy atom. The van der Waals surface area contributed by atoms with Crippen molar-refractivity contribution >= 4 is 17.6 Å². The summed E-state index contributed by atoms with van der Waals surface area (Å²) in [5.41, 5.74) is 1.20. The van der Waals surface area contributed by atoms with E-state index in [4.69, 9.17) is 4.74 Å². The molecule has 5 nitrogen and oxygen atoms in total. The van der Waals surface area contributed by atoms with E-state index >= 15 is 0 Å². The third kappa shape index (κ3) is 2.67. The molecular formula is C15H20N2O3. The van der Waals surface area contributed by atoms with E-state index in [1.54, 1.807) is 23.1 Å². The molecular weight excluding hydrogens is 256 g/mol. The standard InChI is InChI=1S/C15H20N2O3/c1-4-16-13-10(2)9-17(14(13)18)12-7-5-6-11(8-12)15(19)20-3/h5-8,10,13,16H,4,9H2,1-3H3. The Kier molecular flexibility index (Phi) is 4.39. The lowest BCUT2D eigenvalue weighted by Gasteiger charge is -2.17. The molecule has 1 amide bonds. The van der Waals surface area contributed by atoms with E-state index in [1.165, 1.54) is 7.11 Å². The quantitative estimate of drug-likeness (QED) is 0.845. The van der Waals surface area contributed by atoms with Gasteiger partial charge in [0.05, 0.1) is 18.7 Å². The number of likely N-dealkylation sites (N-methyl/N-ethyl adjacent to an activating group) is 1. The van der Waals surface area contributed by atoms with Gasteiger partial charge in [0, 0.05) is 12.2 Å². The van der Waals surface area contributed by atoms with E-state index < -0.39 is 5.97 Å². The van der Waals surface area contributed by atoms with Crippen LogP contribution >= 0.6 is 0 Å². The minimum absolute atomic E-state index is 0.0568. The molecule has 2 unspecified atom stereocenters. The highest BCUT2D eigenvalue weighted by atomic mass is 16.5. The first-order valence-corrected chi connectivity index (χ1v) is 6.81. The molecule has 0 spiro atoms. The van der Waals surface area contributed by atoms with Crippen molar-refractivity contribution in [2.75, 3.05) is 25.1 Å². The first kappa shape index (κ1) is 14.5. The summed E-state index contributed by atoms with van der Waals surface area (Å²) in [5, 5.41) is 3.21. The van der Waals surface area contributed by atoms with Crippen molar-refractivity contribution in [3.8, 4) is 0 Å². The van der Waals surface area contributed by atoms with Gasteiger partial charge in [0.2, 0.25) is 5.91 Å². The van der Waals surface area contributed by atoms with Gasteiger partial charge in [-0.05, 0) is 30.7 Å². The van der Waals surface area contributed by atoms with Gasteiger partial charge in [-0.2, -0.15) is 0 Å². The van der Waals surface area contributed by atoms with Crippen LogP contribution in [-0.2, 0) is 9.53 Å². The van der Waals surface area contributed by atoms with E-state index in [1.807, 2.05) is 13.0 Å². The maximum atomic E-state index is 12.4. The van der Waals surface area contributed by atoms with Gasteiger partial charge in [-0.25, -0.2) is 4.79 Å². The van der Waals surface area contributed by atoms with Crippen molar-refractivity contribution in [2.24, 2.45) is 5.92 Å². The van der Waals surface area contributed by atoms with Crippen molar-refractivity contribution < 1.29 is 14.3 Å². The first-order valence-electron chi connectivity index (χ1n) is 6.81. The summed E-state index contributed by atoms with van der Waals surface area (Å²) < 4.78 is 4.71. The average molecular weight is 276 g/mol. The van der Waals surface area contributed by atoms with Crippen LogP contribution in [0.1, 0.15) is 24.2 Å². The molecule has 1 aliphatic heterocycles. The molecule has 0 aliphatic carbocycles. The molecule has 0 bridgehead atoms. The monoisotopic (exact) mass is 276 g/mol. The number of carbonyl (C=O) groups excluding carboxylic acids is 2. The summed E-state index contributed by atoms with van der Waals surface area (Å²) in [7, 11) is 1.35. The van der Waals surface area contributed by atoms with Crippen LogP contribution in [-0.4, -0.2) is 38.1 Å². The van der Waals surface area contributed by atoms with Crippen molar-refractivity contribution in [3.05, 3.63) is 29.8 Å². The molecule has 1 N–H and O–H groups in total. The Bertz CT molecular complexity index is 516. The highest BCUT2D eigenvalue weighted by molar-refractivity contribution is 6.01. The molecule has 0 saturated carbocycles. The van der Waals surface area contributed by atoms with E-state index in [-0.39, 0.29) is 17.9 Å². The minimum atomic E-state index is -0.394. The average Bonchev–Trinajstić information content (AvgIpc) is 2.75. The lowest BCUT2D eigenvalue weighted by Crippen LogP contribution is -2.40. The molecule has 1 aliphatic rings. The van der Waals surface area contributed by atoms with Gasteiger partial charge in [-0.1, -0.05) is 19.9 Å². The van der Waals surface area contributed by atoms with Gasteiger partial charge >= 0.3 is 5.97 Å². The zero-order valence-corrected chi connectivity index (χ0v) is 12.1. The minimum Gasteiger partial charge on any atom is -0.465 e. The largest absolute Gasteiger partial charge is 0.465 e. The van der Waals surface area contributed by atoms with Gasteiger partial charge in [0.1, 0.15) is 0 Å². The molecule has 0 aromatic heterocycles. The Morgan fingerprint density at radius 3 is 2.90 bits per heavy atom. The summed E-state index contributed by atoms with van der Waals surface area (Å²) in [6, 6.07) is 6.83. The second kappa shape index (κ2) is 6.05. The molecule has 1 aromatic carbocycles. The van der Waals surface area contributed by atoms with Crippen LogP contribution in [0.5, 0.6) is 0 Å². The Labute approximate surface area is 118 Å². The number of hydrogen-bond donors (Lipinski definition) is 1. The van der Waals surface area contributed by atoms with E-state index in [2.05, 4.69) is 12.2 Å². The van der Waals surface area contributed by atoms with Crippen molar-refractivity contribution in [3.63, 3.8) is 0 Å². The van der Waals surface area contributed by atoms with Crippen LogP contribution in [0, 0.1) is 5.92 Å². The zero-order valence-electron chi connectivity index (χ0n) is 12.1. The van der Waals surface area contributed by atoms with Crippen LogP contribution in [0.15, 0.2) is 24.3 Å². The predicted molar refractivity (Wildman–Crippen MR) is 76.8 cm³/mol. The van der Waals surface area contributed by atoms with Crippen LogP contribution in [0.4, 0.5) is 5.69 Å². The van der Waals surface area contributed by atoms with Crippen LogP contribution in [0.25, 0.3) is 0 Å². The molecule has 1 heterocycles. The fourth-order valence-corrected chi connectivity index (χ4v) is 2.55. The summed E-state index contributed by atoms with van der Waals surface area (Å²) in [4.78, 5) is 25.7. The van der Waals surface area contributed by atoms with Crippen molar-refractivity contribution in [1.82, 2.24) is 5.32 Å². The van der Waals surface area contributed by atoms with Crippen LogP contribution in [0.2, 0.25) is 0 Å². The number of nitrogens with zero attached hydrogens (tertiary/aromatic N) is 1. The van der Waals surface area contributed by atoms with Gasteiger partial charge in [0.25, 0.3) is 0 Å². The molecule has 108 valence electrons. The van der Waals surface area contributed by atoms with Crippen molar-refractivity contribution in [2.45, 2.75) is 19.9 Å². The maximum absolute atomic E-state index is 12.4. The van der Waals surface area contributed by atoms with Crippen molar-refractivity contribution in [1.29, 1.82) is 0 Å². The van der Waals surface area contributed by atoms with Gasteiger partial charge < -0.3 is 15.0 Å². The molecule has 2 atom stereocenters. The fraction of sp³-hybridized carbons (Fsp3) is 0.467. The van der Waals surface area contributed by atoms with Gasteiger partial charge in [-0.3, -0.25) is 4.79 Å². The number of hydrogen-bond acceptors (Lipinski definition) is 4. The number of amides is 1. The Morgan fingerprint density at radius 2 is 2.25 bits per heavy atom. The van der Waals surface area contributed by atoms with E-state index in [9.17, 15) is 9.59 Å². The number of esters is 1. The number of nitrogens with one attached hydrogen (secondary N) is 1. The second-order valence-electron chi connectivity index (χ2n) is 5.00. The number of methoxy groups -OCH3 is 1. The molecule has 1 aromatic rings. The SMILES string of the molecule is CCNC1C(=O)N(c2cccc(C(=O)OC)c2)CC1C. The number of rotatable bonds is 4. The third-order valence-electron chi connectivity index (χ3n) is 3.57. The second-order valence-corrected chi connectivity index (χ2v) is 5.00. The first-order chi connectivity index (χ1) is 9.58. The predicted octanol–water partition coefficient (Wildman–Crippen LogP) is 1.43. The highest BCUT2D eigenvalue weighted by Gasteiger charge is 2.37. The normalized spacial score (nSPS) is 22.1. The van der Waals surface area contributed by atoms with Crippen LogP contribution in [0.3, 0.4) is 0 Å². The summed E-state index contributed by atoms with van der Waals surface area (Å²) in [5.74, 6) is -0.0969. The molecule has 20 heavy (non-hydrogen) atoms. The number of ether oxygens (including phenoxy) is 1. The van der Waals surface area contributed by atoms with E-state index in [0.29, 0.717) is 12.1 Å². The number of benzene rings is 1. The third-order valence-corrected chi connectivity index (χ3v) is 3.57. The lowest BCUT2D eigenvalue weighted by molar-refractivity contribution is -0.119. The van der Waals surface area contributed by atoms with Crippen LogP contribution < -0.4 is 10.2 Å². The maximum Gasteiger partial charge on any atom is 0.337 e. The summed E-state index contributed by atoms with van der Waals surface area (Å²) >= 11 is 0. The Balaban J connectivity index is 2.24. The lowest BCUT2D eigenvalue weighted by atomic mass is 10.1. The molecule has 1 fully saturated rings. The zero-order chi connectivity index (χ0) is 14.7. The fourth-order valence-electron chi connectivity index (χ4n) is 2.55. The molecule has 1 saturated heterocycles. The molecule has 5 heteroatoms. The van der Waals surface area contributed by atoms with Gasteiger partial charge in [-0.15, -0.1) is 0 Å². The smallest absolute Gasteiger partial charge is 0.337 e. The van der Waals surface area contributed by atoms with Gasteiger partial charge in [0.15, 0.2) is 0 Å². The Hall–Kier alpha value is -1.88. The summed E-state index contributed by atoms with van der Waals surface area (Å²) in [6.45, 7) is 5.45.